The van der Waals surface area contributed by atoms with E-state index in [2.05, 4.69) is 0 Å². The lowest BCUT2D eigenvalue weighted by Gasteiger charge is -2.13. The highest BCUT2D eigenvalue weighted by atomic mass is 35.5. The summed E-state index contributed by atoms with van der Waals surface area (Å²) in [5.74, 6) is -0.604. The molecule has 7 heteroatoms. The Morgan fingerprint density at radius 1 is 1.26 bits per heavy atom. The summed E-state index contributed by atoms with van der Waals surface area (Å²) in [6.45, 7) is 5.23. The van der Waals surface area contributed by atoms with E-state index in [-0.39, 0.29) is 22.9 Å². The number of esters is 1. The fraction of sp³-hybridized carbons (Fsp3) is 0.312. The van der Waals surface area contributed by atoms with Crippen molar-refractivity contribution in [3.8, 4) is 5.69 Å². The lowest BCUT2D eigenvalue weighted by molar-refractivity contribution is 0.0526. The van der Waals surface area contributed by atoms with Crippen LogP contribution in [0.1, 0.15) is 28.5 Å². The molecule has 2 rings (SSSR count). The van der Waals surface area contributed by atoms with Gasteiger partial charge in [0.2, 0.25) is 0 Å². The van der Waals surface area contributed by atoms with Crippen molar-refractivity contribution in [1.82, 2.24) is 9.13 Å². The molecule has 0 saturated heterocycles. The van der Waals surface area contributed by atoms with Crippen LogP contribution < -0.4 is 11.2 Å². The maximum absolute atomic E-state index is 12.5. The highest BCUT2D eigenvalue weighted by Gasteiger charge is 2.17. The van der Waals surface area contributed by atoms with Gasteiger partial charge in [0, 0.05) is 18.3 Å². The van der Waals surface area contributed by atoms with Crippen LogP contribution in [0.2, 0.25) is 5.02 Å². The van der Waals surface area contributed by atoms with Gasteiger partial charge in [-0.05, 0) is 39.0 Å². The molecular weight excluding hydrogens is 320 g/mol. The number of hydrogen-bond acceptors (Lipinski definition) is 4. The second-order valence-corrected chi connectivity index (χ2v) is 5.48. The van der Waals surface area contributed by atoms with Crippen LogP contribution in [0.5, 0.6) is 0 Å². The maximum atomic E-state index is 12.5. The smallest absolute Gasteiger partial charge is 0.339 e. The zero-order chi connectivity index (χ0) is 17.3. The third kappa shape index (κ3) is 2.94. The van der Waals surface area contributed by atoms with E-state index in [0.717, 1.165) is 4.57 Å². The van der Waals surface area contributed by atoms with Crippen molar-refractivity contribution in [2.24, 2.45) is 7.05 Å². The van der Waals surface area contributed by atoms with Crippen molar-refractivity contribution in [1.29, 1.82) is 0 Å². The molecule has 0 fully saturated rings. The largest absolute Gasteiger partial charge is 0.462 e. The average Bonchev–Trinajstić information content (AvgIpc) is 2.53. The minimum absolute atomic E-state index is 0.109. The second kappa shape index (κ2) is 6.42. The number of aromatic nitrogens is 2. The molecule has 0 aliphatic heterocycles. The Bertz CT molecular complexity index is 859. The summed E-state index contributed by atoms with van der Waals surface area (Å²) in [6.07, 6.45) is 0. The third-order valence-electron chi connectivity index (χ3n) is 3.75. The minimum atomic E-state index is -0.604. The Morgan fingerprint density at radius 3 is 2.52 bits per heavy atom. The number of benzene rings is 1. The molecule has 0 unspecified atom stereocenters. The quantitative estimate of drug-likeness (QED) is 0.804. The Kier molecular flexibility index (Phi) is 4.75. The number of halogens is 1. The van der Waals surface area contributed by atoms with Crippen LogP contribution in [0, 0.1) is 13.8 Å². The SMILES string of the molecule is CCOC(=O)c1cc(-n2c(=O)c(C)c(C)n(C)c2=O)ccc1Cl. The topological polar surface area (TPSA) is 70.3 Å². The summed E-state index contributed by atoms with van der Waals surface area (Å²) in [5.41, 5.74) is 0.512. The highest BCUT2D eigenvalue weighted by Crippen LogP contribution is 2.20. The first kappa shape index (κ1) is 17.0. The molecule has 1 aromatic carbocycles. The summed E-state index contributed by atoms with van der Waals surface area (Å²) >= 11 is 6.01. The molecule has 0 radical (unpaired) electrons. The third-order valence-corrected chi connectivity index (χ3v) is 4.08. The van der Waals surface area contributed by atoms with Crippen LogP contribution >= 0.6 is 11.6 Å². The average molecular weight is 337 g/mol. The summed E-state index contributed by atoms with van der Waals surface area (Å²) in [5, 5.41) is 0.195. The van der Waals surface area contributed by atoms with Crippen molar-refractivity contribution in [2.75, 3.05) is 6.61 Å². The lowest BCUT2D eigenvalue weighted by Crippen LogP contribution is -2.40. The van der Waals surface area contributed by atoms with Gasteiger partial charge in [-0.25, -0.2) is 14.2 Å². The van der Waals surface area contributed by atoms with Crippen LogP contribution in [0.25, 0.3) is 5.69 Å². The van der Waals surface area contributed by atoms with Gasteiger partial charge in [0.15, 0.2) is 0 Å². The van der Waals surface area contributed by atoms with Gasteiger partial charge in [-0.15, -0.1) is 0 Å². The molecule has 1 heterocycles. The Morgan fingerprint density at radius 2 is 1.91 bits per heavy atom. The molecule has 0 N–H and O–H groups in total. The Balaban J connectivity index is 2.75. The van der Waals surface area contributed by atoms with Crippen molar-refractivity contribution >= 4 is 17.6 Å². The number of ether oxygens (including phenoxy) is 1. The standard InChI is InChI=1S/C16H17ClN2O4/c1-5-23-15(21)12-8-11(6-7-13(12)17)19-14(20)9(2)10(3)18(4)16(19)22/h6-8H,5H2,1-4H3. The van der Waals surface area contributed by atoms with E-state index in [1.807, 2.05) is 0 Å². The molecule has 0 spiro atoms. The normalized spacial score (nSPS) is 10.7. The van der Waals surface area contributed by atoms with E-state index >= 15 is 0 Å². The van der Waals surface area contributed by atoms with Gasteiger partial charge in [-0.2, -0.15) is 0 Å². The Hall–Kier alpha value is -2.34. The molecule has 2 aromatic rings. The fourth-order valence-electron chi connectivity index (χ4n) is 2.20. The summed E-state index contributed by atoms with van der Waals surface area (Å²) in [4.78, 5) is 36.8. The van der Waals surface area contributed by atoms with Gasteiger partial charge in [0.05, 0.1) is 22.9 Å². The molecule has 0 aliphatic carbocycles. The van der Waals surface area contributed by atoms with Crippen LogP contribution in [-0.2, 0) is 11.8 Å². The van der Waals surface area contributed by atoms with Gasteiger partial charge in [0.1, 0.15) is 0 Å². The molecule has 23 heavy (non-hydrogen) atoms. The first-order valence-corrected chi connectivity index (χ1v) is 7.43. The van der Waals surface area contributed by atoms with Crippen molar-refractivity contribution in [3.63, 3.8) is 0 Å². The molecule has 122 valence electrons. The van der Waals surface area contributed by atoms with Crippen molar-refractivity contribution in [3.05, 3.63) is 60.9 Å². The number of carbonyl (C=O) groups excluding carboxylic acids is 1. The molecule has 6 nitrogen and oxygen atoms in total. The van der Waals surface area contributed by atoms with E-state index in [4.69, 9.17) is 16.3 Å². The van der Waals surface area contributed by atoms with E-state index in [0.29, 0.717) is 11.3 Å². The van der Waals surface area contributed by atoms with Crippen LogP contribution in [-0.4, -0.2) is 21.7 Å². The van der Waals surface area contributed by atoms with Crippen LogP contribution in [0.3, 0.4) is 0 Å². The van der Waals surface area contributed by atoms with E-state index in [1.54, 1.807) is 27.8 Å². The second-order valence-electron chi connectivity index (χ2n) is 5.08. The predicted octanol–water partition coefficient (Wildman–Crippen LogP) is 1.98. The van der Waals surface area contributed by atoms with Crippen LogP contribution in [0.15, 0.2) is 27.8 Å². The number of hydrogen-bond donors (Lipinski definition) is 0. The highest BCUT2D eigenvalue weighted by molar-refractivity contribution is 6.33. The zero-order valence-corrected chi connectivity index (χ0v) is 14.1. The monoisotopic (exact) mass is 336 g/mol. The van der Waals surface area contributed by atoms with Crippen molar-refractivity contribution < 1.29 is 9.53 Å². The van der Waals surface area contributed by atoms with Gasteiger partial charge in [-0.3, -0.25) is 4.79 Å². The fourth-order valence-corrected chi connectivity index (χ4v) is 2.39. The van der Waals surface area contributed by atoms with Gasteiger partial charge < -0.3 is 9.30 Å². The molecular formula is C16H17ClN2O4. The summed E-state index contributed by atoms with van der Waals surface area (Å²) in [6, 6.07) is 4.37. The first-order chi connectivity index (χ1) is 10.8. The first-order valence-electron chi connectivity index (χ1n) is 7.05. The molecule has 1 aromatic heterocycles. The molecule has 0 aliphatic rings. The molecule has 0 amide bonds. The van der Waals surface area contributed by atoms with E-state index in [1.165, 1.54) is 22.8 Å². The summed E-state index contributed by atoms with van der Waals surface area (Å²) < 4.78 is 7.33. The van der Waals surface area contributed by atoms with E-state index < -0.39 is 17.2 Å². The summed E-state index contributed by atoms with van der Waals surface area (Å²) in [7, 11) is 1.59. The Labute approximate surface area is 137 Å². The van der Waals surface area contributed by atoms with Gasteiger partial charge in [-0.1, -0.05) is 11.6 Å². The van der Waals surface area contributed by atoms with Crippen LogP contribution in [0.4, 0.5) is 0 Å². The minimum Gasteiger partial charge on any atom is -0.462 e. The number of rotatable bonds is 3. The van der Waals surface area contributed by atoms with Gasteiger partial charge >= 0.3 is 11.7 Å². The number of carbonyl (C=O) groups is 1. The predicted molar refractivity (Wildman–Crippen MR) is 87.7 cm³/mol. The van der Waals surface area contributed by atoms with Gasteiger partial charge in [0.25, 0.3) is 5.56 Å². The zero-order valence-electron chi connectivity index (χ0n) is 13.3. The molecule has 0 bridgehead atoms. The van der Waals surface area contributed by atoms with E-state index in [9.17, 15) is 14.4 Å². The lowest BCUT2D eigenvalue weighted by atomic mass is 10.2. The maximum Gasteiger partial charge on any atom is 0.339 e. The number of nitrogens with zero attached hydrogens (tertiary/aromatic N) is 2. The van der Waals surface area contributed by atoms with Crippen molar-refractivity contribution in [2.45, 2.75) is 20.8 Å². The molecule has 0 atom stereocenters. The molecule has 0 saturated carbocycles.